The van der Waals surface area contributed by atoms with Crippen LogP contribution < -0.4 is 20.1 Å². The van der Waals surface area contributed by atoms with Crippen LogP contribution in [0.4, 0.5) is 0 Å². The normalized spacial score (nSPS) is 10.9. The molecule has 2 rings (SSSR count). The molecule has 0 fully saturated rings. The Bertz CT molecular complexity index is 592. The lowest BCUT2D eigenvalue weighted by Crippen LogP contribution is -2.14. The molecule has 0 aliphatic carbocycles. The predicted octanol–water partition coefficient (Wildman–Crippen LogP) is 2.92. The summed E-state index contributed by atoms with van der Waals surface area (Å²) in [5.74, 6) is 1.99. The lowest BCUT2D eigenvalue weighted by molar-refractivity contribution is 0.408. The molecule has 0 bridgehead atoms. The number of ether oxygens (including phenoxy) is 2. The quantitative estimate of drug-likeness (QED) is 0.638. The second-order valence-corrected chi connectivity index (χ2v) is 7.94. The third-order valence-electron chi connectivity index (χ3n) is 4.07. The molecule has 2 aromatic carbocycles. The van der Waals surface area contributed by atoms with Crippen molar-refractivity contribution in [1.82, 2.24) is 0 Å². The first kappa shape index (κ1) is 16.9. The van der Waals surface area contributed by atoms with E-state index >= 15 is 0 Å². The molecule has 0 aliphatic rings. The van der Waals surface area contributed by atoms with Crippen molar-refractivity contribution in [3.63, 3.8) is 0 Å². The van der Waals surface area contributed by atoms with Crippen LogP contribution in [-0.4, -0.2) is 21.8 Å². The molecule has 0 atom stereocenters. The first-order valence-corrected chi connectivity index (χ1v) is 9.22. The minimum atomic E-state index is -0.381. The molecule has 0 radical (unpaired) electrons. The zero-order valence-corrected chi connectivity index (χ0v) is 15.5. The van der Waals surface area contributed by atoms with Gasteiger partial charge in [-0.3, -0.25) is 0 Å². The second kappa shape index (κ2) is 6.75. The van der Waals surface area contributed by atoms with E-state index in [0.29, 0.717) is 0 Å². The molecule has 0 N–H and O–H groups in total. The highest BCUT2D eigenvalue weighted by Crippen LogP contribution is 2.34. The summed E-state index contributed by atoms with van der Waals surface area (Å²) in [7, 11) is 5.41. The molecule has 0 spiro atoms. The van der Waals surface area contributed by atoms with Gasteiger partial charge in [0.05, 0.1) is 14.2 Å². The molecular weight excluding hydrogens is 290 g/mol. The van der Waals surface area contributed by atoms with Crippen molar-refractivity contribution in [2.24, 2.45) is 0 Å². The lowest BCUT2D eigenvalue weighted by atomic mass is 10.1. The number of aryl methyl sites for hydroxylation is 4. The van der Waals surface area contributed by atoms with E-state index in [1.807, 2.05) is 0 Å². The second-order valence-electron chi connectivity index (χ2n) is 5.78. The Morgan fingerprint density at radius 3 is 1.18 bits per heavy atom. The Hall–Kier alpha value is -1.47. The first-order valence-electron chi connectivity index (χ1n) is 7.43. The standard InChI is InChI=1S/C18H24BO2P/c1-11-7-15(8-12(2)17(11)20-5)22(19)16-9-13(3)18(21-6)14(4)10-16/h7-10H,19H2,1-6H3. The number of methoxy groups -OCH3 is 2. The lowest BCUT2D eigenvalue weighted by Gasteiger charge is -2.19. The highest BCUT2D eigenvalue weighted by atomic mass is 31.1. The van der Waals surface area contributed by atoms with Gasteiger partial charge in [0, 0.05) is 0 Å². The van der Waals surface area contributed by atoms with Gasteiger partial charge in [-0.15, -0.1) is 0 Å². The Kier molecular flexibility index (Phi) is 5.18. The minimum Gasteiger partial charge on any atom is -0.496 e. The van der Waals surface area contributed by atoms with Crippen molar-refractivity contribution in [3.05, 3.63) is 46.5 Å². The smallest absolute Gasteiger partial charge is 0.145 e. The summed E-state index contributed by atoms with van der Waals surface area (Å²) in [5.41, 5.74) is 4.81. The van der Waals surface area contributed by atoms with Crippen LogP contribution in [0.2, 0.25) is 0 Å². The van der Waals surface area contributed by atoms with Crippen LogP contribution in [0.3, 0.4) is 0 Å². The largest absolute Gasteiger partial charge is 0.496 e. The average Bonchev–Trinajstić information content (AvgIpc) is 2.45. The average molecular weight is 314 g/mol. The van der Waals surface area contributed by atoms with Gasteiger partial charge in [-0.25, -0.2) is 0 Å². The molecule has 0 saturated carbocycles. The summed E-state index contributed by atoms with van der Waals surface area (Å²) in [4.78, 5) is 0. The van der Waals surface area contributed by atoms with E-state index in [2.05, 4.69) is 59.5 Å². The molecule has 0 amide bonds. The molecule has 0 heterocycles. The zero-order valence-electron chi connectivity index (χ0n) is 14.6. The fourth-order valence-electron chi connectivity index (χ4n) is 3.04. The van der Waals surface area contributed by atoms with E-state index in [9.17, 15) is 0 Å². The van der Waals surface area contributed by atoms with Gasteiger partial charge in [0.25, 0.3) is 0 Å². The molecular formula is C18H24BO2P. The SMILES string of the molecule is BP(c1cc(C)c(OC)c(C)c1)c1cc(C)c(OC)c(C)c1. The Balaban J connectivity index is 2.46. The maximum atomic E-state index is 5.48. The molecule has 0 saturated heterocycles. The number of hydrogen-bond donors (Lipinski definition) is 0. The minimum absolute atomic E-state index is 0.381. The van der Waals surface area contributed by atoms with E-state index in [-0.39, 0.29) is 7.80 Å². The molecule has 0 aliphatic heterocycles. The number of benzene rings is 2. The molecule has 2 nitrogen and oxygen atoms in total. The van der Waals surface area contributed by atoms with E-state index in [1.165, 1.54) is 32.9 Å². The van der Waals surface area contributed by atoms with Crippen LogP contribution in [0.15, 0.2) is 24.3 Å². The van der Waals surface area contributed by atoms with Gasteiger partial charge in [-0.1, -0.05) is 7.80 Å². The van der Waals surface area contributed by atoms with Crippen molar-refractivity contribution < 1.29 is 9.47 Å². The van der Waals surface area contributed by atoms with E-state index in [0.717, 1.165) is 11.5 Å². The maximum absolute atomic E-state index is 5.48. The monoisotopic (exact) mass is 314 g/mol. The fraction of sp³-hybridized carbons (Fsp3) is 0.333. The topological polar surface area (TPSA) is 18.5 Å². The number of hydrogen-bond acceptors (Lipinski definition) is 2. The molecule has 2 aromatic rings. The highest BCUT2D eigenvalue weighted by Gasteiger charge is 2.14. The van der Waals surface area contributed by atoms with Crippen molar-refractivity contribution in [1.29, 1.82) is 0 Å². The van der Waals surface area contributed by atoms with Crippen LogP contribution in [0.1, 0.15) is 22.3 Å². The van der Waals surface area contributed by atoms with Crippen molar-refractivity contribution in [3.8, 4) is 11.5 Å². The Labute approximate surface area is 136 Å². The molecule has 116 valence electrons. The Morgan fingerprint density at radius 2 is 0.955 bits per heavy atom. The maximum Gasteiger partial charge on any atom is 0.145 e. The molecule has 4 heteroatoms. The van der Waals surface area contributed by atoms with Crippen LogP contribution in [-0.2, 0) is 0 Å². The fourth-order valence-corrected chi connectivity index (χ4v) is 4.88. The third-order valence-corrected chi connectivity index (χ3v) is 6.14. The highest BCUT2D eigenvalue weighted by molar-refractivity contribution is 7.94. The van der Waals surface area contributed by atoms with Gasteiger partial charge < -0.3 is 9.47 Å². The predicted molar refractivity (Wildman–Crippen MR) is 99.7 cm³/mol. The van der Waals surface area contributed by atoms with Crippen LogP contribution in [0.25, 0.3) is 0 Å². The van der Waals surface area contributed by atoms with Crippen molar-refractivity contribution in [2.75, 3.05) is 14.2 Å². The summed E-state index contributed by atoms with van der Waals surface area (Å²) in [6, 6.07) is 9.03. The molecule has 22 heavy (non-hydrogen) atoms. The zero-order chi connectivity index (χ0) is 16.4. The van der Waals surface area contributed by atoms with Crippen molar-refractivity contribution >= 4 is 26.0 Å². The third kappa shape index (κ3) is 3.15. The van der Waals surface area contributed by atoms with Crippen LogP contribution in [0, 0.1) is 27.7 Å². The summed E-state index contributed by atoms with van der Waals surface area (Å²) in [6.45, 7) is 8.46. The Morgan fingerprint density at radius 1 is 0.682 bits per heavy atom. The van der Waals surface area contributed by atoms with E-state index in [1.54, 1.807) is 14.2 Å². The van der Waals surface area contributed by atoms with Crippen LogP contribution >= 0.6 is 7.80 Å². The van der Waals surface area contributed by atoms with Gasteiger partial charge in [0.2, 0.25) is 0 Å². The van der Waals surface area contributed by atoms with Gasteiger partial charge in [0.15, 0.2) is 0 Å². The summed E-state index contributed by atoms with van der Waals surface area (Å²) >= 11 is 0. The number of rotatable bonds is 4. The van der Waals surface area contributed by atoms with Gasteiger partial charge >= 0.3 is 0 Å². The summed E-state index contributed by atoms with van der Waals surface area (Å²) < 4.78 is 11.0. The molecule has 0 unspecified atom stereocenters. The first-order chi connectivity index (χ1) is 10.4. The van der Waals surface area contributed by atoms with Gasteiger partial charge in [0.1, 0.15) is 19.1 Å². The van der Waals surface area contributed by atoms with Gasteiger partial charge in [-0.05, 0) is 84.8 Å². The van der Waals surface area contributed by atoms with Crippen molar-refractivity contribution in [2.45, 2.75) is 27.7 Å². The van der Waals surface area contributed by atoms with Crippen LogP contribution in [0.5, 0.6) is 11.5 Å². The summed E-state index contributed by atoms with van der Waals surface area (Å²) in [6.07, 6.45) is 0. The van der Waals surface area contributed by atoms with E-state index < -0.39 is 0 Å². The molecule has 0 aromatic heterocycles. The summed E-state index contributed by atoms with van der Waals surface area (Å²) in [5, 5.41) is 2.77. The van der Waals surface area contributed by atoms with Gasteiger partial charge in [-0.2, -0.15) is 0 Å². The van der Waals surface area contributed by atoms with E-state index in [4.69, 9.17) is 9.47 Å².